The van der Waals surface area contributed by atoms with E-state index in [1.807, 2.05) is 19.1 Å². The van der Waals surface area contributed by atoms with E-state index in [9.17, 15) is 9.59 Å². The number of hydrogen-bond donors (Lipinski definition) is 3. The predicted molar refractivity (Wildman–Crippen MR) is 65.4 cm³/mol. The number of likely N-dealkylation sites (N-methyl/N-ethyl adjacent to an activating group) is 1. The molecule has 1 aromatic rings. The van der Waals surface area contributed by atoms with E-state index in [-0.39, 0.29) is 12.5 Å². The Kier molecular flexibility index (Phi) is 5.16. The lowest BCUT2D eigenvalue weighted by Crippen LogP contribution is -2.33. The van der Waals surface area contributed by atoms with Crippen LogP contribution in [0.2, 0.25) is 0 Å². The highest BCUT2D eigenvalue weighted by Gasteiger charge is 2.06. The number of nitrogens with one attached hydrogen (secondary N) is 2. The minimum absolute atomic E-state index is 0.0657. The van der Waals surface area contributed by atoms with Crippen molar-refractivity contribution in [3.8, 4) is 0 Å². The fraction of sp³-hybridized carbons (Fsp3) is 0.333. The van der Waals surface area contributed by atoms with Crippen LogP contribution in [0.3, 0.4) is 0 Å². The summed E-state index contributed by atoms with van der Waals surface area (Å²) >= 11 is 0. The second-order valence-electron chi connectivity index (χ2n) is 3.58. The van der Waals surface area contributed by atoms with Gasteiger partial charge in [0.05, 0.1) is 6.54 Å². The molecular formula is C12H17N3O2. The van der Waals surface area contributed by atoms with E-state index in [0.717, 1.165) is 5.56 Å². The number of carbonyl (C=O) groups is 2. The Hall–Kier alpha value is -1.88. The SMILES string of the molecule is CCNC(=O)CNCc1ccccc1C(N)=O. The summed E-state index contributed by atoms with van der Waals surface area (Å²) in [6.45, 7) is 3.13. The van der Waals surface area contributed by atoms with Crippen molar-refractivity contribution >= 4 is 11.8 Å². The quantitative estimate of drug-likeness (QED) is 0.649. The van der Waals surface area contributed by atoms with E-state index in [4.69, 9.17) is 5.73 Å². The van der Waals surface area contributed by atoms with Gasteiger partial charge in [0.1, 0.15) is 0 Å². The molecule has 0 saturated heterocycles. The molecule has 0 spiro atoms. The van der Waals surface area contributed by atoms with Gasteiger partial charge in [-0.05, 0) is 18.6 Å². The zero-order valence-electron chi connectivity index (χ0n) is 9.82. The summed E-state index contributed by atoms with van der Waals surface area (Å²) < 4.78 is 0. The second-order valence-corrected chi connectivity index (χ2v) is 3.58. The average molecular weight is 235 g/mol. The summed E-state index contributed by atoms with van der Waals surface area (Å²) in [6, 6.07) is 7.07. The fourth-order valence-corrected chi connectivity index (χ4v) is 1.49. The Morgan fingerprint density at radius 2 is 2.00 bits per heavy atom. The Morgan fingerprint density at radius 1 is 1.29 bits per heavy atom. The number of amides is 2. The molecule has 0 fully saturated rings. The lowest BCUT2D eigenvalue weighted by molar-refractivity contribution is -0.120. The third-order valence-electron chi connectivity index (χ3n) is 2.26. The third-order valence-corrected chi connectivity index (χ3v) is 2.26. The molecule has 0 radical (unpaired) electrons. The van der Waals surface area contributed by atoms with Gasteiger partial charge in [-0.2, -0.15) is 0 Å². The highest BCUT2D eigenvalue weighted by molar-refractivity contribution is 5.94. The molecule has 92 valence electrons. The van der Waals surface area contributed by atoms with Crippen molar-refractivity contribution < 1.29 is 9.59 Å². The largest absolute Gasteiger partial charge is 0.366 e. The first-order valence-corrected chi connectivity index (χ1v) is 5.50. The van der Waals surface area contributed by atoms with Crippen LogP contribution in [0.4, 0.5) is 0 Å². The van der Waals surface area contributed by atoms with Crippen LogP contribution in [0.1, 0.15) is 22.8 Å². The summed E-state index contributed by atoms with van der Waals surface area (Å²) in [4.78, 5) is 22.3. The first-order valence-electron chi connectivity index (χ1n) is 5.50. The van der Waals surface area contributed by atoms with Crippen molar-refractivity contribution in [3.05, 3.63) is 35.4 Å². The highest BCUT2D eigenvalue weighted by Crippen LogP contribution is 2.07. The molecule has 0 heterocycles. The van der Waals surface area contributed by atoms with E-state index in [1.54, 1.807) is 12.1 Å². The fourth-order valence-electron chi connectivity index (χ4n) is 1.49. The number of carbonyl (C=O) groups excluding carboxylic acids is 2. The van der Waals surface area contributed by atoms with Crippen LogP contribution in [0.15, 0.2) is 24.3 Å². The highest BCUT2D eigenvalue weighted by atomic mass is 16.2. The number of hydrogen-bond acceptors (Lipinski definition) is 3. The molecule has 0 aromatic heterocycles. The van der Waals surface area contributed by atoms with Gasteiger partial charge in [0.15, 0.2) is 0 Å². The van der Waals surface area contributed by atoms with Gasteiger partial charge in [-0.25, -0.2) is 0 Å². The van der Waals surface area contributed by atoms with E-state index >= 15 is 0 Å². The maximum Gasteiger partial charge on any atom is 0.249 e. The molecule has 5 heteroatoms. The van der Waals surface area contributed by atoms with Crippen molar-refractivity contribution in [1.82, 2.24) is 10.6 Å². The summed E-state index contributed by atoms with van der Waals surface area (Å²) in [7, 11) is 0. The first kappa shape index (κ1) is 13.2. The molecule has 1 rings (SSSR count). The molecule has 0 aliphatic rings. The standard InChI is InChI=1S/C12H17N3O2/c1-2-15-11(16)8-14-7-9-5-3-4-6-10(9)12(13)17/h3-6,14H,2,7-8H2,1H3,(H2,13,17)(H,15,16). The van der Waals surface area contributed by atoms with Crippen molar-refractivity contribution in [3.63, 3.8) is 0 Å². The smallest absolute Gasteiger partial charge is 0.249 e. The zero-order chi connectivity index (χ0) is 12.7. The van der Waals surface area contributed by atoms with Gasteiger partial charge < -0.3 is 16.4 Å². The van der Waals surface area contributed by atoms with E-state index in [1.165, 1.54) is 0 Å². The molecule has 0 atom stereocenters. The topological polar surface area (TPSA) is 84.2 Å². The van der Waals surface area contributed by atoms with Crippen molar-refractivity contribution in [2.24, 2.45) is 5.73 Å². The van der Waals surface area contributed by atoms with Crippen molar-refractivity contribution in [2.45, 2.75) is 13.5 Å². The molecule has 5 nitrogen and oxygen atoms in total. The van der Waals surface area contributed by atoms with Gasteiger partial charge in [-0.3, -0.25) is 9.59 Å². The van der Waals surface area contributed by atoms with Crippen LogP contribution < -0.4 is 16.4 Å². The van der Waals surface area contributed by atoms with Crippen LogP contribution >= 0.6 is 0 Å². The second kappa shape index (κ2) is 6.65. The molecule has 0 unspecified atom stereocenters. The summed E-state index contributed by atoms with van der Waals surface area (Å²) in [5.41, 5.74) is 6.53. The molecule has 0 aliphatic carbocycles. The van der Waals surface area contributed by atoms with Crippen molar-refractivity contribution in [1.29, 1.82) is 0 Å². The van der Waals surface area contributed by atoms with Crippen LogP contribution in [0.25, 0.3) is 0 Å². The Balaban J connectivity index is 2.52. The molecular weight excluding hydrogens is 218 g/mol. The van der Waals surface area contributed by atoms with E-state index in [2.05, 4.69) is 10.6 Å². The molecule has 2 amide bonds. The lowest BCUT2D eigenvalue weighted by Gasteiger charge is -2.08. The molecule has 0 bridgehead atoms. The molecule has 0 saturated carbocycles. The monoisotopic (exact) mass is 235 g/mol. The minimum Gasteiger partial charge on any atom is -0.366 e. The van der Waals surface area contributed by atoms with Crippen LogP contribution in [0.5, 0.6) is 0 Å². The minimum atomic E-state index is -0.458. The number of primary amides is 1. The number of benzene rings is 1. The van der Waals surface area contributed by atoms with Gasteiger partial charge in [0.25, 0.3) is 0 Å². The Bertz CT molecular complexity index is 404. The van der Waals surface area contributed by atoms with Crippen LogP contribution in [0, 0.1) is 0 Å². The van der Waals surface area contributed by atoms with E-state index in [0.29, 0.717) is 18.7 Å². The summed E-state index contributed by atoms with van der Waals surface area (Å²) in [5, 5.41) is 5.64. The van der Waals surface area contributed by atoms with Crippen LogP contribution in [-0.2, 0) is 11.3 Å². The van der Waals surface area contributed by atoms with Gasteiger partial charge in [-0.1, -0.05) is 18.2 Å². The summed E-state index contributed by atoms with van der Waals surface area (Å²) in [5.74, 6) is -0.524. The molecule has 0 aliphatic heterocycles. The van der Waals surface area contributed by atoms with Crippen LogP contribution in [-0.4, -0.2) is 24.9 Å². The summed E-state index contributed by atoms with van der Waals surface area (Å²) in [6.07, 6.45) is 0. The van der Waals surface area contributed by atoms with Gasteiger partial charge in [0.2, 0.25) is 11.8 Å². The lowest BCUT2D eigenvalue weighted by atomic mass is 10.1. The molecule has 4 N–H and O–H groups in total. The predicted octanol–water partition coefficient (Wildman–Crippen LogP) is 0.0112. The Labute approximate surface area is 100 Å². The third kappa shape index (κ3) is 4.24. The van der Waals surface area contributed by atoms with Gasteiger partial charge >= 0.3 is 0 Å². The van der Waals surface area contributed by atoms with Gasteiger partial charge in [0, 0.05) is 18.7 Å². The maximum absolute atomic E-state index is 11.2. The average Bonchev–Trinajstić information content (AvgIpc) is 2.30. The number of rotatable bonds is 6. The normalized spacial score (nSPS) is 9.94. The van der Waals surface area contributed by atoms with Gasteiger partial charge in [-0.15, -0.1) is 0 Å². The van der Waals surface area contributed by atoms with E-state index < -0.39 is 5.91 Å². The maximum atomic E-state index is 11.2. The number of nitrogens with two attached hydrogens (primary N) is 1. The first-order chi connectivity index (χ1) is 8.15. The zero-order valence-corrected chi connectivity index (χ0v) is 9.82. The molecule has 17 heavy (non-hydrogen) atoms. The Morgan fingerprint density at radius 3 is 2.65 bits per heavy atom. The molecule has 1 aromatic carbocycles. The van der Waals surface area contributed by atoms with Crippen molar-refractivity contribution in [2.75, 3.05) is 13.1 Å².